The van der Waals surface area contributed by atoms with E-state index in [2.05, 4.69) is 287 Å². The highest BCUT2D eigenvalue weighted by Crippen LogP contribution is 2.58. The number of para-hydroxylation sites is 6. The highest BCUT2D eigenvalue weighted by molar-refractivity contribution is 6.30. The SMILES string of the molecule is CC1C=CC(N(c2cccc(-c3ccc4c5cc6c(cc5n5c4c3C3(C)CC=CC=C53)c3ccc(-c4cccc(N(c5ccccc5)c5cccc7c5oc5ccccc57)c4)c4c5ccccc5n6c34)c2)c2cccc3c2oc2ccccc23)=CC1. The van der Waals surface area contributed by atoms with Gasteiger partial charge in [0.25, 0.3) is 0 Å². The number of benzene rings is 11. The molecule has 2 atom stereocenters. The Kier molecular flexibility index (Phi) is 9.76. The molecule has 2 unspecified atom stereocenters. The van der Waals surface area contributed by atoms with Crippen molar-refractivity contribution in [3.63, 3.8) is 0 Å². The van der Waals surface area contributed by atoms with Gasteiger partial charge in [-0.15, -0.1) is 0 Å². The molecule has 1 aliphatic heterocycles. The lowest BCUT2D eigenvalue weighted by atomic mass is 9.73. The van der Waals surface area contributed by atoms with Crippen molar-refractivity contribution in [2.45, 2.75) is 32.1 Å². The van der Waals surface area contributed by atoms with E-state index >= 15 is 0 Å². The minimum absolute atomic E-state index is 0.258. The second-order valence-electron chi connectivity index (χ2n) is 24.2. The molecule has 0 fully saturated rings. The Bertz CT molecular complexity index is 5720. The number of anilines is 5. The summed E-state index contributed by atoms with van der Waals surface area (Å²) in [5.74, 6) is 0.474. The van der Waals surface area contributed by atoms with Crippen LogP contribution in [-0.2, 0) is 5.41 Å². The van der Waals surface area contributed by atoms with Crippen LogP contribution in [0.4, 0.5) is 28.4 Å². The molecule has 406 valence electrons. The van der Waals surface area contributed by atoms with Gasteiger partial charge in [0.1, 0.15) is 11.2 Å². The molecule has 0 N–H and O–H groups in total. The molecule has 5 aromatic heterocycles. The van der Waals surface area contributed by atoms with E-state index in [9.17, 15) is 0 Å². The lowest BCUT2D eigenvalue weighted by Crippen LogP contribution is -2.23. The first-order chi connectivity index (χ1) is 42.4. The minimum Gasteiger partial charge on any atom is -0.454 e. The van der Waals surface area contributed by atoms with E-state index in [1.54, 1.807) is 0 Å². The highest BCUT2D eigenvalue weighted by atomic mass is 16.3. The van der Waals surface area contributed by atoms with Gasteiger partial charge in [0.2, 0.25) is 0 Å². The first kappa shape index (κ1) is 47.6. The third kappa shape index (κ3) is 6.50. The zero-order valence-corrected chi connectivity index (χ0v) is 47.4. The second-order valence-corrected chi connectivity index (χ2v) is 24.2. The summed E-state index contributed by atoms with van der Waals surface area (Å²) >= 11 is 0. The van der Waals surface area contributed by atoms with Crippen LogP contribution in [0.25, 0.3) is 132 Å². The number of aromatic nitrogens is 2. The molecule has 0 saturated heterocycles. The maximum atomic E-state index is 6.75. The lowest BCUT2D eigenvalue weighted by molar-refractivity contribution is 0.624. The van der Waals surface area contributed by atoms with Gasteiger partial charge in [-0.3, -0.25) is 0 Å². The Balaban J connectivity index is 0.788. The Morgan fingerprint density at radius 3 is 1.78 bits per heavy atom. The van der Waals surface area contributed by atoms with E-state index in [-0.39, 0.29) is 5.41 Å². The summed E-state index contributed by atoms with van der Waals surface area (Å²) in [6.07, 6.45) is 15.9. The van der Waals surface area contributed by atoms with Crippen molar-refractivity contribution in [3.05, 3.63) is 272 Å². The number of hydrogen-bond acceptors (Lipinski definition) is 4. The van der Waals surface area contributed by atoms with E-state index in [4.69, 9.17) is 8.83 Å². The van der Waals surface area contributed by atoms with Gasteiger partial charge >= 0.3 is 0 Å². The molecule has 6 heterocycles. The summed E-state index contributed by atoms with van der Waals surface area (Å²) in [5, 5.41) is 12.0. The van der Waals surface area contributed by atoms with Gasteiger partial charge in [-0.2, -0.15) is 0 Å². The van der Waals surface area contributed by atoms with Gasteiger partial charge < -0.3 is 27.6 Å². The molecule has 6 heteroatoms. The molecule has 0 spiro atoms. The lowest BCUT2D eigenvalue weighted by Gasteiger charge is -2.31. The molecular formula is C80H54N4O2. The van der Waals surface area contributed by atoms with Crippen LogP contribution in [0.1, 0.15) is 32.3 Å². The Labute approximate surface area is 495 Å². The number of hydrogen-bond donors (Lipinski definition) is 0. The van der Waals surface area contributed by atoms with Crippen molar-refractivity contribution < 1.29 is 8.83 Å². The van der Waals surface area contributed by atoms with Crippen LogP contribution < -0.4 is 9.80 Å². The topological polar surface area (TPSA) is 42.1 Å². The predicted molar refractivity (Wildman–Crippen MR) is 359 cm³/mol. The van der Waals surface area contributed by atoms with Crippen LogP contribution in [0.5, 0.6) is 0 Å². The average molecular weight is 1100 g/mol. The van der Waals surface area contributed by atoms with E-state index < -0.39 is 0 Å². The van der Waals surface area contributed by atoms with Crippen molar-refractivity contribution in [1.82, 2.24) is 8.97 Å². The van der Waals surface area contributed by atoms with Gasteiger partial charge in [-0.1, -0.05) is 177 Å². The summed E-state index contributed by atoms with van der Waals surface area (Å²) in [6.45, 7) is 4.76. The Hall–Kier alpha value is -10.8. The number of nitrogens with zero attached hydrogens (tertiary/aromatic N) is 4. The third-order valence-electron chi connectivity index (χ3n) is 19.3. The monoisotopic (exact) mass is 1100 g/mol. The van der Waals surface area contributed by atoms with Crippen LogP contribution >= 0.6 is 0 Å². The molecule has 0 bridgehead atoms. The van der Waals surface area contributed by atoms with Gasteiger partial charge in [0.15, 0.2) is 11.2 Å². The summed E-state index contributed by atoms with van der Waals surface area (Å²) in [4.78, 5) is 4.75. The molecular weight excluding hydrogens is 1050 g/mol. The molecule has 19 rings (SSSR count). The zero-order valence-electron chi connectivity index (χ0n) is 47.4. The van der Waals surface area contributed by atoms with E-state index in [1.165, 1.54) is 87.9 Å². The van der Waals surface area contributed by atoms with Crippen molar-refractivity contribution in [2.24, 2.45) is 5.92 Å². The van der Waals surface area contributed by atoms with Gasteiger partial charge in [0, 0.05) is 87.7 Å². The summed E-state index contributed by atoms with van der Waals surface area (Å²) in [7, 11) is 0. The van der Waals surface area contributed by atoms with Crippen molar-refractivity contribution in [2.75, 3.05) is 9.80 Å². The smallest absolute Gasteiger partial charge is 0.159 e. The highest BCUT2D eigenvalue weighted by Gasteiger charge is 2.44. The van der Waals surface area contributed by atoms with E-state index in [1.807, 2.05) is 6.07 Å². The van der Waals surface area contributed by atoms with E-state index in [0.717, 1.165) is 96.4 Å². The molecule has 16 aromatic rings. The fourth-order valence-electron chi connectivity index (χ4n) is 15.5. The molecule has 11 aromatic carbocycles. The molecule has 0 radical (unpaired) electrons. The van der Waals surface area contributed by atoms with Crippen molar-refractivity contribution in [1.29, 1.82) is 0 Å². The quantitative estimate of drug-likeness (QED) is 0.152. The van der Waals surface area contributed by atoms with Crippen LogP contribution in [0.2, 0.25) is 0 Å². The zero-order chi connectivity index (χ0) is 56.5. The largest absolute Gasteiger partial charge is 0.454 e. The number of allylic oxidation sites excluding steroid dienone is 7. The average Bonchev–Trinajstić information content (AvgIpc) is 1.58. The fourth-order valence-corrected chi connectivity index (χ4v) is 15.5. The molecule has 2 aliphatic carbocycles. The normalized spacial score (nSPS) is 16.6. The number of furan rings is 2. The second kappa shape index (κ2) is 17.6. The van der Waals surface area contributed by atoms with E-state index in [0.29, 0.717) is 5.92 Å². The number of fused-ring (bicyclic) bond motifs is 18. The molecule has 86 heavy (non-hydrogen) atoms. The maximum absolute atomic E-state index is 6.75. The van der Waals surface area contributed by atoms with Crippen molar-refractivity contribution >= 4 is 138 Å². The van der Waals surface area contributed by atoms with Crippen molar-refractivity contribution in [3.8, 4) is 22.3 Å². The summed E-state index contributed by atoms with van der Waals surface area (Å²) in [6, 6.07) is 82.3. The summed E-state index contributed by atoms with van der Waals surface area (Å²) in [5.41, 5.74) is 23.4. The van der Waals surface area contributed by atoms with Crippen LogP contribution in [0, 0.1) is 5.92 Å². The Morgan fingerprint density at radius 1 is 0.477 bits per heavy atom. The number of rotatable bonds is 8. The van der Waals surface area contributed by atoms with Gasteiger partial charge in [0.05, 0.1) is 39.0 Å². The van der Waals surface area contributed by atoms with Gasteiger partial charge in [-0.25, -0.2) is 0 Å². The Morgan fingerprint density at radius 2 is 1.06 bits per heavy atom. The first-order valence-electron chi connectivity index (χ1n) is 30.1. The maximum Gasteiger partial charge on any atom is 0.159 e. The molecule has 0 saturated carbocycles. The molecule has 0 amide bonds. The van der Waals surface area contributed by atoms with Gasteiger partial charge in [-0.05, 0) is 145 Å². The molecule has 6 nitrogen and oxygen atoms in total. The van der Waals surface area contributed by atoms with Crippen LogP contribution in [0.15, 0.2) is 275 Å². The third-order valence-corrected chi connectivity index (χ3v) is 19.3. The van der Waals surface area contributed by atoms with Crippen LogP contribution in [0.3, 0.4) is 0 Å². The predicted octanol–water partition coefficient (Wildman–Crippen LogP) is 22.2. The standard InChI is InChI=1S/C80H54N4O2/c1-48-35-37-52(38-36-48)82(68-31-17-28-62-58-25-8-11-33-72(58)86-79(62)68)54-23-15-19-50(45-54)56-40-42-60-65-46-69-64(47-70(65)84-73-34-12-13-43-80(73,2)75(56)77(60)84)59-41-39-55(74-63-26-6-9-29-66(63)83(69)76(59)74)49-18-14-22-53(44-49)81(51-20-4-3-5-21-51)67-30-16-27-61-57-24-7-10-32-71(57)85-78(61)67/h3-35,37-42,44-48H,36,43H2,1-2H3. The molecule has 3 aliphatic rings. The first-order valence-corrected chi connectivity index (χ1v) is 30.1. The fraction of sp³-hybridized carbons (Fsp3) is 0.0750. The summed E-state index contributed by atoms with van der Waals surface area (Å²) < 4.78 is 18.6. The van der Waals surface area contributed by atoms with Crippen LogP contribution in [-0.4, -0.2) is 8.97 Å². The minimum atomic E-state index is -0.258.